The molecule has 1 N–H and O–H groups in total. The summed E-state index contributed by atoms with van der Waals surface area (Å²) < 4.78 is 12.5. The Hall–Kier alpha value is -1.74. The number of aromatic nitrogens is 4. The van der Waals surface area contributed by atoms with Crippen LogP contribution in [-0.2, 0) is 16.1 Å². The third kappa shape index (κ3) is 2.58. The Kier molecular flexibility index (Phi) is 3.77. The predicted octanol–water partition coefficient (Wildman–Crippen LogP) is 1.58. The van der Waals surface area contributed by atoms with Crippen molar-refractivity contribution in [2.75, 3.05) is 13.2 Å². The molecule has 8 nitrogen and oxygen atoms in total. The third-order valence-electron chi connectivity index (χ3n) is 3.75. The quantitative estimate of drug-likeness (QED) is 0.886. The lowest BCUT2D eigenvalue weighted by Gasteiger charge is -2.32. The highest BCUT2D eigenvalue weighted by atomic mass is 79.9. The standard InChI is InChI=1S/C12H13BrN4O4/c13-9-8(1-4-21-9)10-14-15-16-17(10)7-12(11(18)19)2-5-20-6-3-12/h1,4H,2-3,5-7H2,(H,18,19). The summed E-state index contributed by atoms with van der Waals surface area (Å²) in [6, 6.07) is 1.73. The summed E-state index contributed by atoms with van der Waals surface area (Å²) in [6.07, 6.45) is 2.39. The van der Waals surface area contributed by atoms with Gasteiger partial charge in [-0.2, -0.15) is 0 Å². The van der Waals surface area contributed by atoms with E-state index in [1.165, 1.54) is 10.9 Å². The highest BCUT2D eigenvalue weighted by Crippen LogP contribution is 2.34. The van der Waals surface area contributed by atoms with Crippen LogP contribution in [0, 0.1) is 5.41 Å². The van der Waals surface area contributed by atoms with E-state index in [0.29, 0.717) is 42.1 Å². The van der Waals surface area contributed by atoms with Crippen LogP contribution in [0.3, 0.4) is 0 Å². The van der Waals surface area contributed by atoms with Crippen molar-refractivity contribution in [3.05, 3.63) is 17.0 Å². The summed E-state index contributed by atoms with van der Waals surface area (Å²) in [5.41, 5.74) is -0.217. The summed E-state index contributed by atoms with van der Waals surface area (Å²) in [5.74, 6) is -0.374. The molecule has 1 aliphatic heterocycles. The first kappa shape index (κ1) is 14.2. The topological polar surface area (TPSA) is 103 Å². The normalized spacial score (nSPS) is 17.8. The second kappa shape index (κ2) is 5.57. The molecule has 0 amide bonds. The molecule has 3 heterocycles. The SMILES string of the molecule is O=C(O)C1(Cn2nnnc2-c2ccoc2Br)CCOCC1. The van der Waals surface area contributed by atoms with Gasteiger partial charge in [0.2, 0.25) is 0 Å². The Labute approximate surface area is 128 Å². The van der Waals surface area contributed by atoms with Gasteiger partial charge < -0.3 is 14.3 Å². The second-order valence-electron chi connectivity index (χ2n) is 4.97. The lowest BCUT2D eigenvalue weighted by atomic mass is 9.80. The Balaban J connectivity index is 1.93. The van der Waals surface area contributed by atoms with Gasteiger partial charge in [-0.15, -0.1) is 5.10 Å². The largest absolute Gasteiger partial charge is 0.481 e. The number of carbonyl (C=O) groups is 1. The molecule has 0 unspecified atom stereocenters. The molecule has 1 aliphatic rings. The van der Waals surface area contributed by atoms with E-state index in [2.05, 4.69) is 31.5 Å². The molecule has 2 aromatic heterocycles. The molecule has 1 saturated heterocycles. The van der Waals surface area contributed by atoms with Gasteiger partial charge in [-0.1, -0.05) is 0 Å². The number of nitrogens with zero attached hydrogens (tertiary/aromatic N) is 4. The van der Waals surface area contributed by atoms with Crippen LogP contribution in [0.25, 0.3) is 11.4 Å². The molecular formula is C12H13BrN4O4. The van der Waals surface area contributed by atoms with E-state index in [1.54, 1.807) is 6.07 Å². The van der Waals surface area contributed by atoms with Crippen molar-refractivity contribution >= 4 is 21.9 Å². The molecule has 21 heavy (non-hydrogen) atoms. The minimum Gasteiger partial charge on any atom is -0.481 e. The van der Waals surface area contributed by atoms with Gasteiger partial charge in [-0.25, -0.2) is 4.68 Å². The zero-order chi connectivity index (χ0) is 14.9. The van der Waals surface area contributed by atoms with E-state index in [-0.39, 0.29) is 6.54 Å². The summed E-state index contributed by atoms with van der Waals surface area (Å²) >= 11 is 3.28. The monoisotopic (exact) mass is 356 g/mol. The van der Waals surface area contributed by atoms with Gasteiger partial charge in [-0.05, 0) is 45.3 Å². The van der Waals surface area contributed by atoms with Gasteiger partial charge in [0.25, 0.3) is 0 Å². The molecule has 0 aromatic carbocycles. The van der Waals surface area contributed by atoms with E-state index in [9.17, 15) is 9.90 Å². The molecule has 0 atom stereocenters. The molecule has 0 aliphatic carbocycles. The summed E-state index contributed by atoms with van der Waals surface area (Å²) in [4.78, 5) is 11.7. The molecule has 112 valence electrons. The average molecular weight is 357 g/mol. The van der Waals surface area contributed by atoms with Crippen LogP contribution in [-0.4, -0.2) is 44.5 Å². The number of tetrazole rings is 1. The van der Waals surface area contributed by atoms with E-state index in [4.69, 9.17) is 9.15 Å². The fraction of sp³-hybridized carbons (Fsp3) is 0.500. The van der Waals surface area contributed by atoms with E-state index in [1.807, 2.05) is 0 Å². The highest BCUT2D eigenvalue weighted by molar-refractivity contribution is 9.10. The Morgan fingerprint density at radius 2 is 2.24 bits per heavy atom. The van der Waals surface area contributed by atoms with Crippen molar-refractivity contribution < 1.29 is 19.1 Å². The van der Waals surface area contributed by atoms with E-state index in [0.717, 1.165) is 0 Å². The van der Waals surface area contributed by atoms with Crippen molar-refractivity contribution in [1.29, 1.82) is 0 Å². The molecule has 1 fully saturated rings. The van der Waals surface area contributed by atoms with E-state index >= 15 is 0 Å². The number of halogens is 1. The van der Waals surface area contributed by atoms with Gasteiger partial charge in [0, 0.05) is 13.2 Å². The summed E-state index contributed by atoms with van der Waals surface area (Å²) in [6.45, 7) is 1.06. The minimum atomic E-state index is -0.904. The molecule has 0 bridgehead atoms. The average Bonchev–Trinajstić information content (AvgIpc) is 3.08. The lowest BCUT2D eigenvalue weighted by molar-refractivity contribution is -0.156. The molecule has 2 aromatic rings. The van der Waals surface area contributed by atoms with Crippen LogP contribution in [0.2, 0.25) is 0 Å². The number of rotatable bonds is 4. The second-order valence-corrected chi connectivity index (χ2v) is 5.69. The first-order valence-electron chi connectivity index (χ1n) is 6.43. The van der Waals surface area contributed by atoms with Crippen molar-refractivity contribution in [3.63, 3.8) is 0 Å². The zero-order valence-corrected chi connectivity index (χ0v) is 12.6. The van der Waals surface area contributed by atoms with E-state index < -0.39 is 11.4 Å². The van der Waals surface area contributed by atoms with Crippen molar-refractivity contribution in [1.82, 2.24) is 20.2 Å². The molecule has 0 spiro atoms. The van der Waals surface area contributed by atoms with Crippen molar-refractivity contribution in [2.24, 2.45) is 5.41 Å². The third-order valence-corrected chi connectivity index (χ3v) is 4.36. The number of furan rings is 1. The van der Waals surface area contributed by atoms with Gasteiger partial charge in [-0.3, -0.25) is 4.79 Å². The number of ether oxygens (including phenoxy) is 1. The molecule has 9 heteroatoms. The number of hydrogen-bond donors (Lipinski definition) is 1. The first-order valence-corrected chi connectivity index (χ1v) is 7.22. The van der Waals surface area contributed by atoms with Crippen LogP contribution in [0.4, 0.5) is 0 Å². The van der Waals surface area contributed by atoms with Gasteiger partial charge in [0.15, 0.2) is 10.5 Å². The maximum atomic E-state index is 11.7. The number of aliphatic carboxylic acids is 1. The molecular weight excluding hydrogens is 344 g/mol. The van der Waals surface area contributed by atoms with Crippen LogP contribution < -0.4 is 0 Å². The van der Waals surface area contributed by atoms with Crippen molar-refractivity contribution in [2.45, 2.75) is 19.4 Å². The minimum absolute atomic E-state index is 0.200. The maximum Gasteiger partial charge on any atom is 0.311 e. The smallest absolute Gasteiger partial charge is 0.311 e. The lowest BCUT2D eigenvalue weighted by Crippen LogP contribution is -2.41. The predicted molar refractivity (Wildman–Crippen MR) is 73.3 cm³/mol. The van der Waals surface area contributed by atoms with Gasteiger partial charge >= 0.3 is 5.97 Å². The Morgan fingerprint density at radius 1 is 1.48 bits per heavy atom. The van der Waals surface area contributed by atoms with Crippen LogP contribution in [0.1, 0.15) is 12.8 Å². The number of carboxylic acid groups (broad SMARTS) is 1. The molecule has 3 rings (SSSR count). The van der Waals surface area contributed by atoms with Gasteiger partial charge in [0.1, 0.15) is 0 Å². The summed E-state index contributed by atoms with van der Waals surface area (Å²) in [7, 11) is 0. The fourth-order valence-electron chi connectivity index (χ4n) is 2.45. The molecule has 0 saturated carbocycles. The first-order chi connectivity index (χ1) is 10.1. The Bertz CT molecular complexity index is 647. The van der Waals surface area contributed by atoms with Gasteiger partial charge in [0.05, 0.1) is 23.8 Å². The zero-order valence-electron chi connectivity index (χ0n) is 11.0. The summed E-state index contributed by atoms with van der Waals surface area (Å²) in [5, 5.41) is 21.1. The molecule has 0 radical (unpaired) electrons. The van der Waals surface area contributed by atoms with Crippen LogP contribution >= 0.6 is 15.9 Å². The Morgan fingerprint density at radius 3 is 2.86 bits per heavy atom. The fourth-order valence-corrected chi connectivity index (χ4v) is 2.86. The number of hydrogen-bond acceptors (Lipinski definition) is 6. The number of carboxylic acids is 1. The highest BCUT2D eigenvalue weighted by Gasteiger charge is 2.41. The van der Waals surface area contributed by atoms with Crippen LogP contribution in [0.5, 0.6) is 0 Å². The van der Waals surface area contributed by atoms with Crippen LogP contribution in [0.15, 0.2) is 21.4 Å². The maximum absolute atomic E-state index is 11.7. The van der Waals surface area contributed by atoms with Crippen molar-refractivity contribution in [3.8, 4) is 11.4 Å².